The fourth-order valence-electron chi connectivity index (χ4n) is 2.89. The van der Waals surface area contributed by atoms with E-state index >= 15 is 0 Å². The van der Waals surface area contributed by atoms with Gasteiger partial charge < -0.3 is 0 Å². The molecule has 0 bridgehead atoms. The van der Waals surface area contributed by atoms with Crippen molar-refractivity contribution in [2.24, 2.45) is 5.11 Å². The van der Waals surface area contributed by atoms with Crippen molar-refractivity contribution in [2.75, 3.05) is 26.2 Å². The van der Waals surface area contributed by atoms with E-state index in [1.54, 1.807) is 0 Å². The Morgan fingerprint density at radius 1 is 1.62 bits per heavy atom. The van der Waals surface area contributed by atoms with Crippen LogP contribution in [0.3, 0.4) is 0 Å². The summed E-state index contributed by atoms with van der Waals surface area (Å²) >= 11 is 0. The van der Waals surface area contributed by atoms with Gasteiger partial charge in [0.05, 0.1) is 6.07 Å². The van der Waals surface area contributed by atoms with Crippen LogP contribution in [0.15, 0.2) is 5.11 Å². The van der Waals surface area contributed by atoms with Gasteiger partial charge in [0.25, 0.3) is 0 Å². The summed E-state index contributed by atoms with van der Waals surface area (Å²) in [5.74, 6) is 0. The lowest BCUT2D eigenvalue weighted by Gasteiger charge is -2.29. The van der Waals surface area contributed by atoms with Crippen molar-refractivity contribution in [3.05, 3.63) is 10.4 Å². The summed E-state index contributed by atoms with van der Waals surface area (Å²) in [6.07, 6.45) is 3.17. The second-order valence-electron chi connectivity index (χ2n) is 4.41. The second-order valence-corrected chi connectivity index (χ2v) is 4.41. The van der Waals surface area contributed by atoms with Crippen molar-refractivity contribution < 1.29 is 0 Å². The standard InChI is InChI=1S/C10H16N6/c11-8-10(13-4-5-14-15-12)3-7-16-6-1-2-9(10)16/h9,13H,1-7H2. The van der Waals surface area contributed by atoms with E-state index in [4.69, 9.17) is 5.53 Å². The summed E-state index contributed by atoms with van der Waals surface area (Å²) < 4.78 is 0. The summed E-state index contributed by atoms with van der Waals surface area (Å²) in [6.45, 7) is 3.12. The molecule has 0 aromatic rings. The Morgan fingerprint density at radius 3 is 3.25 bits per heavy atom. The third kappa shape index (κ3) is 1.85. The van der Waals surface area contributed by atoms with E-state index in [2.05, 4.69) is 26.3 Å². The Balaban J connectivity index is 1.97. The first-order chi connectivity index (χ1) is 7.82. The summed E-state index contributed by atoms with van der Waals surface area (Å²) in [6, 6.07) is 2.79. The second kappa shape index (κ2) is 4.71. The minimum atomic E-state index is -0.415. The number of hydrogen-bond donors (Lipinski definition) is 1. The van der Waals surface area contributed by atoms with Crippen LogP contribution in [0, 0.1) is 11.3 Å². The first-order valence-corrected chi connectivity index (χ1v) is 5.73. The molecule has 0 amide bonds. The Morgan fingerprint density at radius 2 is 2.50 bits per heavy atom. The highest BCUT2D eigenvalue weighted by Gasteiger charge is 2.49. The number of nitrogens with zero attached hydrogens (tertiary/aromatic N) is 5. The van der Waals surface area contributed by atoms with Crippen LogP contribution >= 0.6 is 0 Å². The van der Waals surface area contributed by atoms with Gasteiger partial charge in [-0.3, -0.25) is 10.2 Å². The van der Waals surface area contributed by atoms with E-state index in [0.29, 0.717) is 19.1 Å². The monoisotopic (exact) mass is 220 g/mol. The minimum absolute atomic E-state index is 0.351. The van der Waals surface area contributed by atoms with Crippen LogP contribution in [0.25, 0.3) is 10.4 Å². The van der Waals surface area contributed by atoms with Crippen LogP contribution in [-0.4, -0.2) is 42.7 Å². The number of hydrogen-bond acceptors (Lipinski definition) is 4. The molecular formula is C10H16N6. The zero-order valence-corrected chi connectivity index (χ0v) is 9.26. The van der Waals surface area contributed by atoms with Crippen molar-refractivity contribution in [3.63, 3.8) is 0 Å². The zero-order chi connectivity index (χ0) is 11.4. The highest BCUT2D eigenvalue weighted by atomic mass is 15.3. The molecule has 16 heavy (non-hydrogen) atoms. The van der Waals surface area contributed by atoms with Crippen LogP contribution < -0.4 is 5.32 Å². The molecule has 2 fully saturated rings. The number of rotatable bonds is 4. The lowest BCUT2D eigenvalue weighted by molar-refractivity contribution is 0.267. The Bertz CT molecular complexity index is 342. The van der Waals surface area contributed by atoms with E-state index < -0.39 is 5.54 Å². The van der Waals surface area contributed by atoms with Crippen molar-refractivity contribution >= 4 is 0 Å². The number of fused-ring (bicyclic) bond motifs is 1. The molecule has 0 spiro atoms. The fourth-order valence-corrected chi connectivity index (χ4v) is 2.89. The van der Waals surface area contributed by atoms with E-state index in [1.165, 1.54) is 6.42 Å². The van der Waals surface area contributed by atoms with E-state index in [-0.39, 0.29) is 0 Å². The molecule has 2 heterocycles. The molecule has 0 aromatic carbocycles. The molecule has 0 aromatic heterocycles. The van der Waals surface area contributed by atoms with Crippen molar-refractivity contribution in [2.45, 2.75) is 30.8 Å². The summed E-state index contributed by atoms with van der Waals surface area (Å²) in [5, 5.41) is 16.1. The van der Waals surface area contributed by atoms with Crippen molar-refractivity contribution in [1.82, 2.24) is 10.2 Å². The van der Waals surface area contributed by atoms with Crippen molar-refractivity contribution in [3.8, 4) is 6.07 Å². The van der Waals surface area contributed by atoms with Crippen LogP contribution in [0.5, 0.6) is 0 Å². The Kier molecular flexibility index (Phi) is 3.30. The zero-order valence-electron chi connectivity index (χ0n) is 9.26. The molecule has 0 aliphatic carbocycles. The third-order valence-electron chi connectivity index (χ3n) is 3.64. The molecular weight excluding hydrogens is 204 g/mol. The Hall–Kier alpha value is -1.28. The SMILES string of the molecule is N#CC1(NCCN=[N+]=[N-])CCN2CCCC21. The molecule has 2 aliphatic heterocycles. The predicted octanol–water partition coefficient (Wildman–Crippen LogP) is 1.02. The smallest absolute Gasteiger partial charge is 0.123 e. The highest BCUT2D eigenvalue weighted by molar-refractivity contribution is 5.19. The molecule has 2 unspecified atom stereocenters. The molecule has 2 saturated heterocycles. The highest BCUT2D eigenvalue weighted by Crippen LogP contribution is 2.35. The molecule has 6 nitrogen and oxygen atoms in total. The lowest BCUT2D eigenvalue weighted by Crippen LogP contribution is -2.52. The quantitative estimate of drug-likeness (QED) is 0.332. The van der Waals surface area contributed by atoms with Gasteiger partial charge in [-0.05, 0) is 31.3 Å². The molecule has 0 saturated carbocycles. The number of nitrogens with one attached hydrogen (secondary N) is 1. The summed E-state index contributed by atoms with van der Waals surface area (Å²) in [7, 11) is 0. The van der Waals surface area contributed by atoms with Gasteiger partial charge in [-0.1, -0.05) is 5.11 Å². The molecule has 0 radical (unpaired) electrons. The molecule has 1 N–H and O–H groups in total. The van der Waals surface area contributed by atoms with Gasteiger partial charge in [0, 0.05) is 30.6 Å². The van der Waals surface area contributed by atoms with Crippen LogP contribution in [0.4, 0.5) is 0 Å². The summed E-state index contributed by atoms with van der Waals surface area (Å²) in [4.78, 5) is 5.10. The minimum Gasteiger partial charge on any atom is -0.298 e. The molecule has 86 valence electrons. The maximum Gasteiger partial charge on any atom is 0.123 e. The van der Waals surface area contributed by atoms with E-state index in [0.717, 1.165) is 25.9 Å². The average Bonchev–Trinajstić information content (AvgIpc) is 2.88. The molecule has 2 atom stereocenters. The van der Waals surface area contributed by atoms with Gasteiger partial charge >= 0.3 is 0 Å². The normalized spacial score (nSPS) is 33.1. The first kappa shape index (κ1) is 11.2. The fraction of sp³-hybridized carbons (Fsp3) is 0.900. The van der Waals surface area contributed by atoms with Crippen molar-refractivity contribution in [1.29, 1.82) is 5.26 Å². The maximum absolute atomic E-state index is 9.38. The van der Waals surface area contributed by atoms with Crippen LogP contribution in [0.2, 0.25) is 0 Å². The Labute approximate surface area is 94.8 Å². The van der Waals surface area contributed by atoms with Gasteiger partial charge in [-0.15, -0.1) is 0 Å². The number of azide groups is 1. The van der Waals surface area contributed by atoms with E-state index in [9.17, 15) is 5.26 Å². The maximum atomic E-state index is 9.38. The van der Waals surface area contributed by atoms with Gasteiger partial charge in [-0.2, -0.15) is 5.26 Å². The largest absolute Gasteiger partial charge is 0.298 e. The average molecular weight is 220 g/mol. The molecule has 2 rings (SSSR count). The number of nitriles is 1. The van der Waals surface area contributed by atoms with Crippen LogP contribution in [0.1, 0.15) is 19.3 Å². The van der Waals surface area contributed by atoms with Gasteiger partial charge in [0.1, 0.15) is 5.54 Å². The summed E-state index contributed by atoms with van der Waals surface area (Å²) in [5.41, 5.74) is 7.77. The van der Waals surface area contributed by atoms with Crippen LogP contribution in [-0.2, 0) is 0 Å². The van der Waals surface area contributed by atoms with Gasteiger partial charge in [0.15, 0.2) is 0 Å². The van der Waals surface area contributed by atoms with E-state index in [1.807, 2.05) is 0 Å². The molecule has 6 heteroatoms. The van der Waals surface area contributed by atoms with Gasteiger partial charge in [-0.25, -0.2) is 0 Å². The molecule has 2 aliphatic rings. The first-order valence-electron chi connectivity index (χ1n) is 5.73. The van der Waals surface area contributed by atoms with Gasteiger partial charge in [0.2, 0.25) is 0 Å². The topological polar surface area (TPSA) is 87.8 Å². The third-order valence-corrected chi connectivity index (χ3v) is 3.64. The lowest BCUT2D eigenvalue weighted by atomic mass is 9.90. The predicted molar refractivity (Wildman–Crippen MR) is 59.6 cm³/mol.